The van der Waals surface area contributed by atoms with Gasteiger partial charge in [0.15, 0.2) is 0 Å². The largest absolute Gasteiger partial charge is 0.497 e. The number of carbonyl (C=O) groups is 1. The number of nitrogens with one attached hydrogen (secondary N) is 1. The molecule has 0 spiro atoms. The maximum atomic E-state index is 12.5. The van der Waals surface area contributed by atoms with E-state index < -0.39 is 0 Å². The Hall–Kier alpha value is -3.38. The summed E-state index contributed by atoms with van der Waals surface area (Å²) in [5, 5.41) is 5.84. The molecule has 1 amide bonds. The second-order valence-electron chi connectivity index (χ2n) is 6.78. The van der Waals surface area contributed by atoms with Gasteiger partial charge in [0.1, 0.15) is 17.1 Å². The second kappa shape index (κ2) is 8.55. The molecule has 0 aliphatic rings. The Morgan fingerprint density at radius 2 is 1.73 bits per heavy atom. The van der Waals surface area contributed by atoms with E-state index in [1.54, 1.807) is 19.2 Å². The molecule has 5 nitrogen and oxygen atoms in total. The van der Waals surface area contributed by atoms with E-state index in [9.17, 15) is 4.79 Å². The van der Waals surface area contributed by atoms with E-state index in [0.29, 0.717) is 22.3 Å². The molecule has 0 radical (unpaired) electrons. The topological polar surface area (TPSA) is 63.8 Å². The third-order valence-corrected chi connectivity index (χ3v) is 5.19. The van der Waals surface area contributed by atoms with Crippen LogP contribution in [0.25, 0.3) is 22.3 Å². The molecule has 0 aliphatic heterocycles. The van der Waals surface area contributed by atoms with Gasteiger partial charge in [-0.3, -0.25) is 4.79 Å². The molecular formula is C24H19BrN2O3. The standard InChI is InChI=1S/C24H19BrN2O3/c1-15-3-12-22-20(13-15)21(26-27-24(28)17-4-8-18(25)9-5-17)14-23(30-22)16-6-10-19(29-2)11-7-16/h3-14H,1-2H3,(H,27,28)/b26-21-. The summed E-state index contributed by atoms with van der Waals surface area (Å²) < 4.78 is 12.2. The first-order chi connectivity index (χ1) is 14.5. The lowest BCUT2D eigenvalue weighted by Crippen LogP contribution is -2.21. The zero-order chi connectivity index (χ0) is 21.1. The summed E-state index contributed by atoms with van der Waals surface area (Å²) in [6.07, 6.45) is 0. The van der Waals surface area contributed by atoms with Crippen molar-refractivity contribution in [2.45, 2.75) is 6.92 Å². The number of amides is 1. The van der Waals surface area contributed by atoms with Gasteiger partial charge in [0.05, 0.1) is 12.5 Å². The fourth-order valence-electron chi connectivity index (χ4n) is 3.05. The van der Waals surface area contributed by atoms with Crippen LogP contribution in [0.2, 0.25) is 0 Å². The van der Waals surface area contributed by atoms with Gasteiger partial charge in [0, 0.05) is 27.1 Å². The van der Waals surface area contributed by atoms with Crippen LogP contribution < -0.4 is 15.5 Å². The molecule has 0 fully saturated rings. The van der Waals surface area contributed by atoms with Crippen LogP contribution in [-0.4, -0.2) is 13.0 Å². The summed E-state index contributed by atoms with van der Waals surface area (Å²) in [5.74, 6) is 1.13. The summed E-state index contributed by atoms with van der Waals surface area (Å²) in [6.45, 7) is 2.00. The van der Waals surface area contributed by atoms with Gasteiger partial charge in [-0.25, -0.2) is 5.43 Å². The average molecular weight is 463 g/mol. The summed E-state index contributed by atoms with van der Waals surface area (Å²) in [6, 6.07) is 22.4. The van der Waals surface area contributed by atoms with Gasteiger partial charge in [-0.2, -0.15) is 5.10 Å². The number of aryl methyl sites for hydroxylation is 1. The Morgan fingerprint density at radius 1 is 1.00 bits per heavy atom. The van der Waals surface area contributed by atoms with E-state index in [1.807, 2.05) is 67.6 Å². The monoisotopic (exact) mass is 462 g/mol. The van der Waals surface area contributed by atoms with Crippen LogP contribution in [0.1, 0.15) is 15.9 Å². The van der Waals surface area contributed by atoms with Crippen LogP contribution in [0.3, 0.4) is 0 Å². The number of benzene rings is 3. The molecule has 1 aromatic heterocycles. The minimum absolute atomic E-state index is 0.282. The van der Waals surface area contributed by atoms with Crippen molar-refractivity contribution in [1.82, 2.24) is 5.43 Å². The van der Waals surface area contributed by atoms with Gasteiger partial charge in [-0.15, -0.1) is 0 Å². The zero-order valence-corrected chi connectivity index (χ0v) is 18.1. The van der Waals surface area contributed by atoms with Crippen LogP contribution in [0.5, 0.6) is 5.75 Å². The highest BCUT2D eigenvalue weighted by molar-refractivity contribution is 9.10. The van der Waals surface area contributed by atoms with Crippen molar-refractivity contribution in [3.05, 3.63) is 93.8 Å². The molecule has 4 aromatic rings. The number of hydrogen-bond donors (Lipinski definition) is 1. The first kappa shape index (κ1) is 19.9. The van der Waals surface area contributed by atoms with E-state index >= 15 is 0 Å². The molecule has 0 aliphatic carbocycles. The number of methoxy groups -OCH3 is 1. The van der Waals surface area contributed by atoms with E-state index in [0.717, 1.165) is 26.7 Å². The fourth-order valence-corrected chi connectivity index (χ4v) is 3.31. The van der Waals surface area contributed by atoms with Gasteiger partial charge in [-0.05, 0) is 67.6 Å². The molecule has 1 N–H and O–H groups in total. The number of ether oxygens (including phenoxy) is 1. The molecule has 30 heavy (non-hydrogen) atoms. The van der Waals surface area contributed by atoms with E-state index in [-0.39, 0.29) is 5.91 Å². The molecular weight excluding hydrogens is 444 g/mol. The predicted octanol–water partition coefficient (Wildman–Crippen LogP) is 5.43. The normalized spacial score (nSPS) is 11.5. The highest BCUT2D eigenvalue weighted by atomic mass is 79.9. The van der Waals surface area contributed by atoms with Crippen LogP contribution in [0.15, 0.2) is 86.8 Å². The molecule has 1 heterocycles. The Morgan fingerprint density at radius 3 is 2.43 bits per heavy atom. The molecule has 150 valence electrons. The molecule has 0 saturated carbocycles. The molecule has 4 rings (SSSR count). The van der Waals surface area contributed by atoms with Gasteiger partial charge in [-0.1, -0.05) is 27.6 Å². The van der Waals surface area contributed by atoms with Gasteiger partial charge in [0.2, 0.25) is 0 Å². The minimum atomic E-state index is -0.282. The zero-order valence-electron chi connectivity index (χ0n) is 16.5. The van der Waals surface area contributed by atoms with Crippen molar-refractivity contribution in [1.29, 1.82) is 0 Å². The molecule has 0 atom stereocenters. The Kier molecular flexibility index (Phi) is 5.68. The van der Waals surface area contributed by atoms with Crippen LogP contribution in [-0.2, 0) is 0 Å². The average Bonchev–Trinajstić information content (AvgIpc) is 2.77. The maximum Gasteiger partial charge on any atom is 0.271 e. The molecule has 0 saturated heterocycles. The summed E-state index contributed by atoms with van der Waals surface area (Å²) in [7, 11) is 1.63. The van der Waals surface area contributed by atoms with Crippen molar-refractivity contribution < 1.29 is 13.9 Å². The van der Waals surface area contributed by atoms with Gasteiger partial charge >= 0.3 is 0 Å². The quantitative estimate of drug-likeness (QED) is 0.411. The number of rotatable bonds is 4. The number of halogens is 1. The Balaban J connectivity index is 1.77. The van der Waals surface area contributed by atoms with Crippen LogP contribution in [0.4, 0.5) is 0 Å². The predicted molar refractivity (Wildman–Crippen MR) is 120 cm³/mol. The van der Waals surface area contributed by atoms with E-state index in [1.165, 1.54) is 0 Å². The van der Waals surface area contributed by atoms with E-state index in [4.69, 9.17) is 9.15 Å². The second-order valence-corrected chi connectivity index (χ2v) is 7.70. The van der Waals surface area contributed by atoms with Crippen LogP contribution >= 0.6 is 15.9 Å². The van der Waals surface area contributed by atoms with Crippen molar-refractivity contribution in [3.8, 4) is 17.1 Å². The lowest BCUT2D eigenvalue weighted by molar-refractivity contribution is 0.0953. The van der Waals surface area contributed by atoms with Gasteiger partial charge in [0.25, 0.3) is 5.91 Å². The fraction of sp³-hybridized carbons (Fsp3) is 0.0833. The summed E-state index contributed by atoms with van der Waals surface area (Å²) in [4.78, 5) is 12.5. The van der Waals surface area contributed by atoms with Crippen molar-refractivity contribution >= 4 is 32.8 Å². The summed E-state index contributed by atoms with van der Waals surface area (Å²) >= 11 is 3.37. The molecule has 6 heteroatoms. The lowest BCUT2D eigenvalue weighted by Gasteiger charge is -2.07. The van der Waals surface area contributed by atoms with Crippen molar-refractivity contribution in [3.63, 3.8) is 0 Å². The molecule has 3 aromatic carbocycles. The third kappa shape index (κ3) is 4.28. The Bertz CT molecular complexity index is 1280. The number of carbonyl (C=O) groups excluding carboxylic acids is 1. The van der Waals surface area contributed by atoms with Gasteiger partial charge < -0.3 is 9.15 Å². The SMILES string of the molecule is COc1ccc(-c2c/c(=N/NC(=O)c3ccc(Br)cc3)c3cc(C)ccc3o2)cc1. The number of fused-ring (bicyclic) bond motifs is 1. The van der Waals surface area contributed by atoms with Crippen molar-refractivity contribution in [2.75, 3.05) is 7.11 Å². The van der Waals surface area contributed by atoms with E-state index in [2.05, 4.69) is 26.5 Å². The Labute approximate surface area is 182 Å². The maximum absolute atomic E-state index is 12.5. The number of hydrogen-bond acceptors (Lipinski definition) is 4. The smallest absolute Gasteiger partial charge is 0.271 e. The summed E-state index contributed by atoms with van der Waals surface area (Å²) in [5.41, 5.74) is 5.82. The minimum Gasteiger partial charge on any atom is -0.497 e. The highest BCUT2D eigenvalue weighted by Crippen LogP contribution is 2.24. The van der Waals surface area contributed by atoms with Crippen molar-refractivity contribution in [2.24, 2.45) is 5.10 Å². The highest BCUT2D eigenvalue weighted by Gasteiger charge is 2.08. The molecule has 0 bridgehead atoms. The lowest BCUT2D eigenvalue weighted by atomic mass is 10.1. The first-order valence-electron chi connectivity index (χ1n) is 9.32. The molecule has 0 unspecified atom stereocenters. The number of nitrogens with zero attached hydrogens (tertiary/aromatic N) is 1. The third-order valence-electron chi connectivity index (χ3n) is 4.66. The van der Waals surface area contributed by atoms with Crippen LogP contribution in [0, 0.1) is 6.92 Å². The first-order valence-corrected chi connectivity index (χ1v) is 10.1.